The van der Waals surface area contributed by atoms with E-state index in [2.05, 4.69) is 25.1 Å². The van der Waals surface area contributed by atoms with E-state index in [0.29, 0.717) is 27.6 Å². The molecule has 2 N–H and O–H groups in total. The van der Waals surface area contributed by atoms with Gasteiger partial charge in [0.1, 0.15) is 16.9 Å². The van der Waals surface area contributed by atoms with Gasteiger partial charge in [0, 0.05) is 10.9 Å². The van der Waals surface area contributed by atoms with Crippen molar-refractivity contribution in [3.63, 3.8) is 0 Å². The molecular weight excluding hydrogens is 278 g/mol. The Bertz CT molecular complexity index is 921. The SMILES string of the molecule is O=c1[nH]c(-c2ncn[nH]2)nc2scc(-c3ccco3)c12. The first-order chi connectivity index (χ1) is 9.83. The van der Waals surface area contributed by atoms with Crippen molar-refractivity contribution >= 4 is 21.6 Å². The van der Waals surface area contributed by atoms with Gasteiger partial charge in [0.25, 0.3) is 5.56 Å². The summed E-state index contributed by atoms with van der Waals surface area (Å²) in [5, 5.41) is 8.80. The van der Waals surface area contributed by atoms with Gasteiger partial charge in [-0.05, 0) is 12.1 Å². The summed E-state index contributed by atoms with van der Waals surface area (Å²) in [5.41, 5.74) is 0.516. The Hall–Kier alpha value is -2.74. The van der Waals surface area contributed by atoms with Crippen LogP contribution < -0.4 is 5.56 Å². The molecule has 4 aromatic rings. The molecule has 0 amide bonds. The highest BCUT2D eigenvalue weighted by Crippen LogP contribution is 2.31. The maximum absolute atomic E-state index is 12.3. The first-order valence-corrected chi connectivity index (χ1v) is 6.62. The first kappa shape index (κ1) is 11.1. The van der Waals surface area contributed by atoms with E-state index in [4.69, 9.17) is 4.42 Å². The van der Waals surface area contributed by atoms with Crippen molar-refractivity contribution < 1.29 is 4.42 Å². The molecule has 4 aromatic heterocycles. The molecule has 4 rings (SSSR count). The zero-order valence-electron chi connectivity index (χ0n) is 9.95. The summed E-state index contributed by atoms with van der Waals surface area (Å²) < 4.78 is 5.34. The van der Waals surface area contributed by atoms with Gasteiger partial charge >= 0.3 is 0 Å². The molecule has 20 heavy (non-hydrogen) atoms. The van der Waals surface area contributed by atoms with E-state index in [-0.39, 0.29) is 5.56 Å². The summed E-state index contributed by atoms with van der Waals surface area (Å²) in [4.78, 5) is 24.0. The van der Waals surface area contributed by atoms with Crippen LogP contribution in [0, 0.1) is 0 Å². The van der Waals surface area contributed by atoms with Gasteiger partial charge < -0.3 is 9.40 Å². The molecule has 0 aliphatic carbocycles. The molecule has 0 saturated heterocycles. The van der Waals surface area contributed by atoms with Gasteiger partial charge in [-0.1, -0.05) is 0 Å². The minimum atomic E-state index is -0.228. The number of nitrogens with zero attached hydrogens (tertiary/aromatic N) is 3. The van der Waals surface area contributed by atoms with Crippen LogP contribution in [-0.2, 0) is 0 Å². The summed E-state index contributed by atoms with van der Waals surface area (Å²) in [6.45, 7) is 0. The highest BCUT2D eigenvalue weighted by Gasteiger charge is 2.15. The second-order valence-corrected chi connectivity index (χ2v) is 4.91. The highest BCUT2D eigenvalue weighted by atomic mass is 32.1. The number of thiophene rings is 1. The molecule has 7 nitrogen and oxygen atoms in total. The van der Waals surface area contributed by atoms with E-state index in [9.17, 15) is 4.79 Å². The number of fused-ring (bicyclic) bond motifs is 1. The van der Waals surface area contributed by atoms with Crippen LogP contribution in [0.15, 0.2) is 39.3 Å². The van der Waals surface area contributed by atoms with Crippen LogP contribution in [0.5, 0.6) is 0 Å². The summed E-state index contributed by atoms with van der Waals surface area (Å²) in [6, 6.07) is 3.59. The van der Waals surface area contributed by atoms with E-state index >= 15 is 0 Å². The molecule has 0 spiro atoms. The van der Waals surface area contributed by atoms with Gasteiger partial charge in [0.05, 0.1) is 11.6 Å². The van der Waals surface area contributed by atoms with Crippen molar-refractivity contribution in [3.05, 3.63) is 40.5 Å². The van der Waals surface area contributed by atoms with Gasteiger partial charge in [-0.15, -0.1) is 11.3 Å². The third kappa shape index (κ3) is 1.58. The van der Waals surface area contributed by atoms with Crippen LogP contribution in [0.3, 0.4) is 0 Å². The molecule has 0 fully saturated rings. The van der Waals surface area contributed by atoms with Gasteiger partial charge in [0.2, 0.25) is 0 Å². The topological polar surface area (TPSA) is 100 Å². The lowest BCUT2D eigenvalue weighted by molar-refractivity contribution is 0.583. The minimum Gasteiger partial charge on any atom is -0.464 e. The van der Waals surface area contributed by atoms with E-state index in [1.165, 1.54) is 17.7 Å². The third-order valence-electron chi connectivity index (χ3n) is 2.87. The van der Waals surface area contributed by atoms with Crippen LogP contribution >= 0.6 is 11.3 Å². The third-order valence-corrected chi connectivity index (χ3v) is 3.74. The average Bonchev–Trinajstić information content (AvgIpc) is 3.19. The smallest absolute Gasteiger partial charge is 0.260 e. The van der Waals surface area contributed by atoms with E-state index in [1.807, 2.05) is 11.4 Å². The summed E-state index contributed by atoms with van der Waals surface area (Å²) in [7, 11) is 0. The van der Waals surface area contributed by atoms with Gasteiger partial charge in [-0.25, -0.2) is 9.97 Å². The van der Waals surface area contributed by atoms with Gasteiger partial charge in [-0.3, -0.25) is 9.89 Å². The van der Waals surface area contributed by atoms with Crippen molar-refractivity contribution in [1.82, 2.24) is 25.1 Å². The molecule has 0 saturated carbocycles. The lowest BCUT2D eigenvalue weighted by Gasteiger charge is -1.97. The predicted octanol–water partition coefficient (Wildman–Crippen LogP) is 2.03. The fourth-order valence-corrected chi connectivity index (χ4v) is 2.92. The van der Waals surface area contributed by atoms with Crippen molar-refractivity contribution in [2.75, 3.05) is 0 Å². The van der Waals surface area contributed by atoms with Crippen LogP contribution in [0.25, 0.3) is 33.2 Å². The molecule has 0 aromatic carbocycles. The molecule has 0 atom stereocenters. The Balaban J connectivity index is 1.98. The Morgan fingerprint density at radius 1 is 1.30 bits per heavy atom. The average molecular weight is 285 g/mol. The van der Waals surface area contributed by atoms with Crippen molar-refractivity contribution in [3.8, 4) is 23.0 Å². The Labute approximate surface area is 115 Å². The van der Waals surface area contributed by atoms with Crippen molar-refractivity contribution in [2.45, 2.75) is 0 Å². The minimum absolute atomic E-state index is 0.228. The van der Waals surface area contributed by atoms with Crippen LogP contribution in [0.2, 0.25) is 0 Å². The normalized spacial score (nSPS) is 11.2. The number of rotatable bonds is 2. The molecule has 0 bridgehead atoms. The fraction of sp³-hybridized carbons (Fsp3) is 0. The molecule has 0 aliphatic rings. The molecule has 0 radical (unpaired) electrons. The first-order valence-electron chi connectivity index (χ1n) is 5.74. The zero-order chi connectivity index (χ0) is 13.5. The van der Waals surface area contributed by atoms with E-state index < -0.39 is 0 Å². The van der Waals surface area contributed by atoms with Crippen LogP contribution in [-0.4, -0.2) is 25.1 Å². The molecule has 0 aliphatic heterocycles. The molecule has 0 unspecified atom stereocenters. The van der Waals surface area contributed by atoms with E-state index in [1.54, 1.807) is 12.3 Å². The number of aromatic nitrogens is 5. The Morgan fingerprint density at radius 3 is 3.00 bits per heavy atom. The lowest BCUT2D eigenvalue weighted by atomic mass is 10.2. The molecule has 98 valence electrons. The van der Waals surface area contributed by atoms with Crippen molar-refractivity contribution in [1.29, 1.82) is 0 Å². The number of hydrogen-bond acceptors (Lipinski definition) is 6. The summed E-state index contributed by atoms with van der Waals surface area (Å²) in [6.07, 6.45) is 2.94. The second kappa shape index (κ2) is 4.14. The number of H-pyrrole nitrogens is 2. The zero-order valence-corrected chi connectivity index (χ0v) is 10.8. The standard InChI is InChI=1S/C12H7N5O2S/c18-11-8-6(7-2-1-3-19-7)4-20-12(8)16-10(15-11)9-13-5-14-17-9/h1-5H,(H,13,14,17)(H,15,16,18). The second-order valence-electron chi connectivity index (χ2n) is 4.06. The predicted molar refractivity (Wildman–Crippen MR) is 73.3 cm³/mol. The molecule has 8 heteroatoms. The molecular formula is C12H7N5O2S. The summed E-state index contributed by atoms with van der Waals surface area (Å²) in [5.74, 6) is 1.45. The van der Waals surface area contributed by atoms with Crippen molar-refractivity contribution in [2.24, 2.45) is 0 Å². The Morgan fingerprint density at radius 2 is 2.25 bits per heavy atom. The molecule has 4 heterocycles. The van der Waals surface area contributed by atoms with Gasteiger partial charge in [-0.2, -0.15) is 5.10 Å². The van der Waals surface area contributed by atoms with E-state index in [0.717, 1.165) is 5.56 Å². The lowest BCUT2D eigenvalue weighted by Crippen LogP contribution is -2.09. The maximum Gasteiger partial charge on any atom is 0.260 e. The fourth-order valence-electron chi connectivity index (χ4n) is 1.99. The number of nitrogens with one attached hydrogen (secondary N) is 2. The van der Waals surface area contributed by atoms with Crippen LogP contribution in [0.1, 0.15) is 0 Å². The number of aromatic amines is 2. The maximum atomic E-state index is 12.3. The monoisotopic (exact) mass is 285 g/mol. The number of furan rings is 1. The largest absolute Gasteiger partial charge is 0.464 e. The van der Waals surface area contributed by atoms with Crippen LogP contribution in [0.4, 0.5) is 0 Å². The summed E-state index contributed by atoms with van der Waals surface area (Å²) >= 11 is 1.38. The van der Waals surface area contributed by atoms with Gasteiger partial charge in [0.15, 0.2) is 11.6 Å². The Kier molecular flexibility index (Phi) is 2.30. The quantitative estimate of drug-likeness (QED) is 0.587. The number of hydrogen-bond donors (Lipinski definition) is 2. The highest BCUT2D eigenvalue weighted by molar-refractivity contribution is 7.17.